The summed E-state index contributed by atoms with van der Waals surface area (Å²) < 4.78 is 6.12. The average molecular weight is 303 g/mol. The van der Waals surface area contributed by atoms with E-state index in [1.165, 1.54) is 49.0 Å². The number of ether oxygens (including phenoxy) is 1. The number of rotatable bonds is 3. The maximum absolute atomic E-state index is 6.12. The Morgan fingerprint density at radius 1 is 1.33 bits per heavy atom. The molecule has 0 bridgehead atoms. The van der Waals surface area contributed by atoms with Crippen molar-refractivity contribution >= 4 is 11.8 Å². The van der Waals surface area contributed by atoms with Crippen molar-refractivity contribution in [2.45, 2.75) is 60.3 Å². The molecule has 3 unspecified atom stereocenters. The zero-order chi connectivity index (χ0) is 14.3. The van der Waals surface area contributed by atoms with Crippen molar-refractivity contribution in [2.75, 3.05) is 13.7 Å². The smallest absolute Gasteiger partial charge is 0.0685 e. The van der Waals surface area contributed by atoms with Crippen molar-refractivity contribution in [2.24, 2.45) is 5.92 Å². The summed E-state index contributed by atoms with van der Waals surface area (Å²) in [5.74, 6) is 0.774. The first kappa shape index (κ1) is 14.1. The van der Waals surface area contributed by atoms with Gasteiger partial charge in [0.2, 0.25) is 0 Å². The van der Waals surface area contributed by atoms with Gasteiger partial charge in [-0.3, -0.25) is 0 Å². The molecule has 1 spiro atoms. The predicted octanol–water partition coefficient (Wildman–Crippen LogP) is 3.64. The number of benzene rings is 1. The van der Waals surface area contributed by atoms with Crippen LogP contribution in [0.5, 0.6) is 0 Å². The molecule has 3 aliphatic rings. The van der Waals surface area contributed by atoms with E-state index in [4.69, 9.17) is 4.74 Å². The highest BCUT2D eigenvalue weighted by Gasteiger charge is 2.45. The van der Waals surface area contributed by atoms with E-state index in [-0.39, 0.29) is 5.60 Å². The third kappa shape index (κ3) is 2.54. The van der Waals surface area contributed by atoms with E-state index in [0.717, 1.165) is 12.5 Å². The Balaban J connectivity index is 1.48. The average Bonchev–Trinajstić information content (AvgIpc) is 2.90. The van der Waals surface area contributed by atoms with Crippen molar-refractivity contribution in [1.82, 2.24) is 5.32 Å². The molecule has 1 aromatic carbocycles. The van der Waals surface area contributed by atoms with Gasteiger partial charge in [0, 0.05) is 22.8 Å². The van der Waals surface area contributed by atoms with Gasteiger partial charge in [-0.15, -0.1) is 11.8 Å². The summed E-state index contributed by atoms with van der Waals surface area (Å²) in [5, 5.41) is 4.35. The third-order valence-corrected chi connectivity index (χ3v) is 7.12. The summed E-state index contributed by atoms with van der Waals surface area (Å²) in [6, 6.07) is 9.54. The predicted molar refractivity (Wildman–Crippen MR) is 87.9 cm³/mol. The van der Waals surface area contributed by atoms with Crippen LogP contribution in [-0.4, -0.2) is 30.5 Å². The molecule has 1 aliphatic carbocycles. The van der Waals surface area contributed by atoms with Gasteiger partial charge >= 0.3 is 0 Å². The van der Waals surface area contributed by atoms with Gasteiger partial charge in [0.25, 0.3) is 0 Å². The van der Waals surface area contributed by atoms with Crippen molar-refractivity contribution < 1.29 is 4.74 Å². The van der Waals surface area contributed by atoms with E-state index < -0.39 is 0 Å². The van der Waals surface area contributed by atoms with Crippen LogP contribution >= 0.6 is 11.8 Å². The second-order valence-corrected chi connectivity index (χ2v) is 8.20. The number of fused-ring (bicyclic) bond motifs is 1. The molecule has 3 atom stereocenters. The summed E-state index contributed by atoms with van der Waals surface area (Å²) in [4.78, 5) is 1.49. The molecule has 2 aliphatic heterocycles. The monoisotopic (exact) mass is 303 g/mol. The molecule has 2 fully saturated rings. The molecule has 3 heteroatoms. The van der Waals surface area contributed by atoms with Gasteiger partial charge in [0.15, 0.2) is 0 Å². The van der Waals surface area contributed by atoms with E-state index in [0.29, 0.717) is 11.3 Å². The van der Waals surface area contributed by atoms with Gasteiger partial charge < -0.3 is 10.1 Å². The second-order valence-electron chi connectivity index (χ2n) is 6.92. The fourth-order valence-electron chi connectivity index (χ4n) is 4.43. The molecule has 2 nitrogen and oxygen atoms in total. The highest BCUT2D eigenvalue weighted by molar-refractivity contribution is 8.00. The topological polar surface area (TPSA) is 21.3 Å². The zero-order valence-electron chi connectivity index (χ0n) is 12.8. The van der Waals surface area contributed by atoms with E-state index in [9.17, 15) is 0 Å². The molecule has 1 N–H and O–H groups in total. The molecular weight excluding hydrogens is 278 g/mol. The fourth-order valence-corrected chi connectivity index (χ4v) is 5.98. The number of hydrogen-bond acceptors (Lipinski definition) is 3. The highest BCUT2D eigenvalue weighted by Crippen LogP contribution is 2.47. The van der Waals surface area contributed by atoms with E-state index in [1.54, 1.807) is 0 Å². The maximum atomic E-state index is 6.12. The SMILES string of the molecule is CNC(C1CCOC2(CCC2)C1)C1Cc2ccccc2S1. The Morgan fingerprint density at radius 2 is 2.19 bits per heavy atom. The molecule has 1 saturated carbocycles. The van der Waals surface area contributed by atoms with Crippen LogP contribution < -0.4 is 5.32 Å². The van der Waals surface area contributed by atoms with Gasteiger partial charge in [-0.1, -0.05) is 18.2 Å². The molecular formula is C18H25NOS. The summed E-state index contributed by atoms with van der Waals surface area (Å²) >= 11 is 2.08. The first-order valence-corrected chi connectivity index (χ1v) is 9.23. The van der Waals surface area contributed by atoms with Crippen LogP contribution in [0.3, 0.4) is 0 Å². The van der Waals surface area contributed by atoms with Crippen LogP contribution in [0.25, 0.3) is 0 Å². The lowest BCUT2D eigenvalue weighted by molar-refractivity contribution is -0.146. The van der Waals surface area contributed by atoms with Gasteiger partial charge in [-0.05, 0) is 63.1 Å². The quantitative estimate of drug-likeness (QED) is 0.921. The fraction of sp³-hybridized carbons (Fsp3) is 0.667. The van der Waals surface area contributed by atoms with Crippen molar-refractivity contribution in [3.8, 4) is 0 Å². The lowest BCUT2D eigenvalue weighted by Gasteiger charge is -2.49. The van der Waals surface area contributed by atoms with Crippen molar-refractivity contribution in [1.29, 1.82) is 0 Å². The third-order valence-electron chi connectivity index (χ3n) is 5.71. The molecule has 21 heavy (non-hydrogen) atoms. The number of hydrogen-bond donors (Lipinski definition) is 1. The number of thioether (sulfide) groups is 1. The van der Waals surface area contributed by atoms with E-state index in [2.05, 4.69) is 48.4 Å². The van der Waals surface area contributed by atoms with Gasteiger partial charge in [0.1, 0.15) is 0 Å². The molecule has 1 saturated heterocycles. The van der Waals surface area contributed by atoms with E-state index >= 15 is 0 Å². The summed E-state index contributed by atoms with van der Waals surface area (Å²) in [6.45, 7) is 0.965. The molecule has 4 rings (SSSR count). The largest absolute Gasteiger partial charge is 0.375 e. The van der Waals surface area contributed by atoms with Gasteiger partial charge in [-0.2, -0.15) is 0 Å². The number of nitrogens with one attached hydrogen (secondary N) is 1. The van der Waals surface area contributed by atoms with Crippen LogP contribution in [-0.2, 0) is 11.2 Å². The van der Waals surface area contributed by atoms with Gasteiger partial charge in [-0.25, -0.2) is 0 Å². The molecule has 114 valence electrons. The second kappa shape index (κ2) is 5.60. The Kier molecular flexibility index (Phi) is 3.76. The molecule has 0 amide bonds. The zero-order valence-corrected chi connectivity index (χ0v) is 13.6. The van der Waals surface area contributed by atoms with Crippen LogP contribution in [0, 0.1) is 5.92 Å². The minimum absolute atomic E-state index is 0.258. The maximum Gasteiger partial charge on any atom is 0.0685 e. The first-order valence-electron chi connectivity index (χ1n) is 8.35. The molecule has 1 aromatic rings. The van der Waals surface area contributed by atoms with Crippen molar-refractivity contribution in [3.63, 3.8) is 0 Å². The molecule has 2 heterocycles. The minimum Gasteiger partial charge on any atom is -0.375 e. The summed E-state index contributed by atoms with van der Waals surface area (Å²) in [7, 11) is 2.15. The normalized spacial score (nSPS) is 31.7. The summed E-state index contributed by atoms with van der Waals surface area (Å²) in [5.41, 5.74) is 1.80. The molecule has 0 aromatic heterocycles. The van der Waals surface area contributed by atoms with Crippen molar-refractivity contribution in [3.05, 3.63) is 29.8 Å². The summed E-state index contributed by atoms with van der Waals surface area (Å²) in [6.07, 6.45) is 7.65. The molecule has 0 radical (unpaired) electrons. The Morgan fingerprint density at radius 3 is 2.90 bits per heavy atom. The Bertz CT molecular complexity index is 489. The standard InChI is InChI=1S/C18H25NOS/c1-19-17(14-7-10-20-18(12-14)8-4-9-18)16-11-13-5-2-3-6-15(13)21-16/h2-3,5-6,14,16-17,19H,4,7-12H2,1H3. The Hall–Kier alpha value is -0.510. The minimum atomic E-state index is 0.258. The first-order chi connectivity index (χ1) is 10.3. The van der Waals surface area contributed by atoms with Crippen LogP contribution in [0.1, 0.15) is 37.7 Å². The van der Waals surface area contributed by atoms with Gasteiger partial charge in [0.05, 0.1) is 5.60 Å². The highest BCUT2D eigenvalue weighted by atomic mass is 32.2. The van der Waals surface area contributed by atoms with Crippen LogP contribution in [0.2, 0.25) is 0 Å². The lowest BCUT2D eigenvalue weighted by Crippen LogP contribution is -2.52. The van der Waals surface area contributed by atoms with Crippen LogP contribution in [0.15, 0.2) is 29.2 Å². The Labute approximate surface area is 132 Å². The van der Waals surface area contributed by atoms with Crippen LogP contribution in [0.4, 0.5) is 0 Å². The van der Waals surface area contributed by atoms with E-state index in [1.807, 2.05) is 0 Å². The lowest BCUT2D eigenvalue weighted by atomic mass is 9.70.